The van der Waals surface area contributed by atoms with Crippen molar-refractivity contribution in [2.45, 2.75) is 43.7 Å². The summed E-state index contributed by atoms with van der Waals surface area (Å²) in [7, 11) is 0. The molecule has 0 aromatic heterocycles. The summed E-state index contributed by atoms with van der Waals surface area (Å²) in [5.41, 5.74) is -1.11. The number of hydrogen-bond acceptors (Lipinski definition) is 4. The smallest absolute Gasteiger partial charge is 0.329 e. The summed E-state index contributed by atoms with van der Waals surface area (Å²) in [5.74, 6) is -1.33. The van der Waals surface area contributed by atoms with Crippen LogP contribution >= 0.6 is 0 Å². The van der Waals surface area contributed by atoms with E-state index in [9.17, 15) is 14.7 Å². The summed E-state index contributed by atoms with van der Waals surface area (Å²) in [4.78, 5) is 23.4. The van der Waals surface area contributed by atoms with Gasteiger partial charge in [0.25, 0.3) is 5.91 Å². The maximum atomic E-state index is 12.0. The number of hydrogen-bond donors (Lipinski definition) is 2. The van der Waals surface area contributed by atoms with Crippen molar-refractivity contribution in [3.8, 4) is 0 Å². The van der Waals surface area contributed by atoms with E-state index in [0.717, 1.165) is 19.3 Å². The highest BCUT2D eigenvalue weighted by Gasteiger charge is 2.42. The van der Waals surface area contributed by atoms with Crippen molar-refractivity contribution in [2.24, 2.45) is 0 Å². The van der Waals surface area contributed by atoms with Crippen LogP contribution in [0.15, 0.2) is 0 Å². The lowest BCUT2D eigenvalue weighted by Crippen LogP contribution is -2.59. The Morgan fingerprint density at radius 1 is 1.17 bits per heavy atom. The van der Waals surface area contributed by atoms with E-state index in [1.165, 1.54) is 0 Å². The first-order chi connectivity index (χ1) is 8.64. The molecular formula is C12H19NO5. The average molecular weight is 257 g/mol. The van der Waals surface area contributed by atoms with Gasteiger partial charge in [-0.25, -0.2) is 4.79 Å². The first-order valence-electron chi connectivity index (χ1n) is 6.39. The number of ether oxygens (including phenoxy) is 2. The Kier molecular flexibility index (Phi) is 4.19. The molecule has 2 N–H and O–H groups in total. The molecule has 6 heteroatoms. The average Bonchev–Trinajstić information content (AvgIpc) is 2.40. The lowest BCUT2D eigenvalue weighted by Gasteiger charge is -2.35. The highest BCUT2D eigenvalue weighted by molar-refractivity contribution is 5.89. The predicted octanol–water partition coefficient (Wildman–Crippen LogP) is 0.305. The SMILES string of the molecule is O=C(NC1(C(=O)O)CCCCC1)C1COCCO1. The molecule has 1 unspecified atom stereocenters. The van der Waals surface area contributed by atoms with Crippen LogP contribution in [0, 0.1) is 0 Å². The quantitative estimate of drug-likeness (QED) is 0.760. The van der Waals surface area contributed by atoms with Crippen molar-refractivity contribution in [1.29, 1.82) is 0 Å². The van der Waals surface area contributed by atoms with Crippen molar-refractivity contribution in [3.05, 3.63) is 0 Å². The molecule has 2 fully saturated rings. The van der Waals surface area contributed by atoms with E-state index < -0.39 is 17.6 Å². The minimum absolute atomic E-state index is 0.196. The minimum atomic E-state index is -1.11. The number of amides is 1. The van der Waals surface area contributed by atoms with Gasteiger partial charge in [0.2, 0.25) is 0 Å². The number of nitrogens with one attached hydrogen (secondary N) is 1. The van der Waals surface area contributed by atoms with Crippen LogP contribution in [-0.2, 0) is 19.1 Å². The molecule has 1 atom stereocenters. The van der Waals surface area contributed by atoms with Gasteiger partial charge >= 0.3 is 5.97 Å². The summed E-state index contributed by atoms with van der Waals surface area (Å²) in [6.45, 7) is 1.05. The molecule has 0 spiro atoms. The largest absolute Gasteiger partial charge is 0.480 e. The molecule has 2 rings (SSSR count). The summed E-state index contributed by atoms with van der Waals surface area (Å²) >= 11 is 0. The zero-order valence-corrected chi connectivity index (χ0v) is 10.3. The van der Waals surface area contributed by atoms with Gasteiger partial charge in [-0.1, -0.05) is 19.3 Å². The van der Waals surface area contributed by atoms with Crippen LogP contribution in [0.4, 0.5) is 0 Å². The number of carbonyl (C=O) groups excluding carboxylic acids is 1. The molecular weight excluding hydrogens is 238 g/mol. The molecule has 1 saturated carbocycles. The highest BCUT2D eigenvalue weighted by atomic mass is 16.6. The molecule has 0 aromatic carbocycles. The molecule has 1 saturated heterocycles. The Morgan fingerprint density at radius 2 is 1.89 bits per heavy atom. The van der Waals surface area contributed by atoms with E-state index in [1.807, 2.05) is 0 Å². The van der Waals surface area contributed by atoms with Gasteiger partial charge in [0.1, 0.15) is 5.54 Å². The van der Waals surface area contributed by atoms with Crippen LogP contribution in [-0.4, -0.2) is 48.4 Å². The number of carboxylic acids is 1. The first-order valence-corrected chi connectivity index (χ1v) is 6.39. The number of carboxylic acid groups (broad SMARTS) is 1. The van der Waals surface area contributed by atoms with E-state index in [0.29, 0.717) is 26.1 Å². The second kappa shape index (κ2) is 5.67. The Bertz CT molecular complexity index is 318. The summed E-state index contributed by atoms with van der Waals surface area (Å²) in [5, 5.41) is 12.0. The third-order valence-corrected chi connectivity index (χ3v) is 3.59. The van der Waals surface area contributed by atoms with Crippen molar-refractivity contribution < 1.29 is 24.2 Å². The molecule has 1 amide bonds. The van der Waals surface area contributed by atoms with Crippen LogP contribution in [0.25, 0.3) is 0 Å². The Hall–Kier alpha value is -1.14. The maximum Gasteiger partial charge on any atom is 0.329 e. The summed E-state index contributed by atoms with van der Waals surface area (Å²) < 4.78 is 10.4. The molecule has 0 radical (unpaired) electrons. The van der Waals surface area contributed by atoms with Crippen LogP contribution in [0.5, 0.6) is 0 Å². The molecule has 102 valence electrons. The van der Waals surface area contributed by atoms with Crippen molar-refractivity contribution in [2.75, 3.05) is 19.8 Å². The fourth-order valence-electron chi connectivity index (χ4n) is 2.50. The van der Waals surface area contributed by atoms with Gasteiger partial charge in [-0.15, -0.1) is 0 Å². The Morgan fingerprint density at radius 3 is 2.44 bits per heavy atom. The van der Waals surface area contributed by atoms with E-state index >= 15 is 0 Å². The van der Waals surface area contributed by atoms with Crippen LogP contribution < -0.4 is 5.32 Å². The molecule has 0 aromatic rings. The van der Waals surface area contributed by atoms with E-state index in [-0.39, 0.29) is 12.5 Å². The van der Waals surface area contributed by atoms with Crippen LogP contribution in [0.2, 0.25) is 0 Å². The molecule has 6 nitrogen and oxygen atoms in total. The molecule has 2 aliphatic rings. The first kappa shape index (κ1) is 13.3. The van der Waals surface area contributed by atoms with E-state index in [4.69, 9.17) is 9.47 Å². The highest BCUT2D eigenvalue weighted by Crippen LogP contribution is 2.28. The van der Waals surface area contributed by atoms with Gasteiger partial charge in [0, 0.05) is 0 Å². The van der Waals surface area contributed by atoms with Crippen LogP contribution in [0.1, 0.15) is 32.1 Å². The van der Waals surface area contributed by atoms with Crippen LogP contribution in [0.3, 0.4) is 0 Å². The minimum Gasteiger partial charge on any atom is -0.480 e. The third-order valence-electron chi connectivity index (χ3n) is 3.59. The topological polar surface area (TPSA) is 84.9 Å². The normalized spacial score (nSPS) is 27.4. The van der Waals surface area contributed by atoms with Gasteiger partial charge in [0.05, 0.1) is 19.8 Å². The van der Waals surface area contributed by atoms with Gasteiger partial charge in [-0.3, -0.25) is 4.79 Å². The third kappa shape index (κ3) is 2.81. The molecule has 18 heavy (non-hydrogen) atoms. The van der Waals surface area contributed by atoms with Crippen molar-refractivity contribution in [3.63, 3.8) is 0 Å². The Labute approximate surface area is 106 Å². The van der Waals surface area contributed by atoms with Gasteiger partial charge in [-0.2, -0.15) is 0 Å². The Balaban J connectivity index is 1.99. The fraction of sp³-hybridized carbons (Fsp3) is 0.833. The lowest BCUT2D eigenvalue weighted by atomic mass is 9.81. The second-order valence-corrected chi connectivity index (χ2v) is 4.87. The lowest BCUT2D eigenvalue weighted by molar-refractivity contribution is -0.157. The van der Waals surface area contributed by atoms with Gasteiger partial charge in [-0.05, 0) is 12.8 Å². The molecule has 1 aliphatic carbocycles. The molecule has 1 aliphatic heterocycles. The zero-order chi connectivity index (χ0) is 13.0. The maximum absolute atomic E-state index is 12.0. The van der Waals surface area contributed by atoms with Crippen molar-refractivity contribution >= 4 is 11.9 Å². The standard InChI is InChI=1S/C12H19NO5/c14-10(9-8-17-6-7-18-9)13-12(11(15)16)4-2-1-3-5-12/h9H,1-8H2,(H,13,14)(H,15,16). The number of rotatable bonds is 3. The molecule has 1 heterocycles. The van der Waals surface area contributed by atoms with Gasteiger partial charge in [0.15, 0.2) is 6.10 Å². The number of carbonyl (C=O) groups is 2. The molecule has 0 bridgehead atoms. The predicted molar refractivity (Wildman–Crippen MR) is 62.2 cm³/mol. The summed E-state index contributed by atoms with van der Waals surface area (Å²) in [6.07, 6.45) is 2.97. The fourth-order valence-corrected chi connectivity index (χ4v) is 2.50. The van der Waals surface area contributed by atoms with E-state index in [2.05, 4.69) is 5.32 Å². The second-order valence-electron chi connectivity index (χ2n) is 4.87. The van der Waals surface area contributed by atoms with Crippen molar-refractivity contribution in [1.82, 2.24) is 5.32 Å². The van der Waals surface area contributed by atoms with Gasteiger partial charge < -0.3 is 19.9 Å². The zero-order valence-electron chi connectivity index (χ0n) is 10.3. The monoisotopic (exact) mass is 257 g/mol. The summed E-state index contributed by atoms with van der Waals surface area (Å²) in [6, 6.07) is 0. The number of aliphatic carboxylic acids is 1. The van der Waals surface area contributed by atoms with E-state index in [1.54, 1.807) is 0 Å².